The molecule has 96 heavy (non-hydrogen) atoms. The van der Waals surface area contributed by atoms with E-state index in [4.69, 9.17) is 28.4 Å². The monoisotopic (exact) mass is 1340 g/mol. The van der Waals surface area contributed by atoms with Crippen molar-refractivity contribution in [1.82, 2.24) is 19.6 Å². The number of hydrogen-bond donors (Lipinski definition) is 0. The quantitative estimate of drug-likeness (QED) is 0.0763. The minimum atomic E-state index is -0.728. The molecule has 4 aromatic carbocycles. The number of ketones is 2. The molecule has 10 rings (SSSR count). The summed E-state index contributed by atoms with van der Waals surface area (Å²) in [5.41, 5.74) is 3.39. The molecule has 20 nitrogen and oxygen atoms in total. The van der Waals surface area contributed by atoms with Gasteiger partial charge in [-0.3, -0.25) is 19.2 Å². The van der Waals surface area contributed by atoms with E-state index in [0.717, 1.165) is 22.7 Å². The van der Waals surface area contributed by atoms with Crippen LogP contribution in [0.25, 0.3) is 0 Å². The van der Waals surface area contributed by atoms with Gasteiger partial charge in [-0.25, -0.2) is 17.6 Å². The number of methoxy groups -OCH3 is 2. The lowest BCUT2D eigenvalue weighted by atomic mass is 9.98. The number of nitrogens with zero attached hydrogens (tertiary/aromatic N) is 8. The van der Waals surface area contributed by atoms with E-state index in [0.29, 0.717) is 137 Å². The van der Waals surface area contributed by atoms with Crippen LogP contribution in [-0.4, -0.2) is 223 Å². The molecular formula is C72H100F4N8O12. The zero-order valence-electron chi connectivity index (χ0n) is 57.7. The van der Waals surface area contributed by atoms with Crippen molar-refractivity contribution >= 4 is 57.9 Å². The molecule has 6 saturated heterocycles. The Morgan fingerprint density at radius 1 is 0.448 bits per heavy atom. The van der Waals surface area contributed by atoms with Crippen LogP contribution >= 0.6 is 0 Å². The molecule has 0 radical (unpaired) electrons. The predicted octanol–water partition coefficient (Wildman–Crippen LogP) is 9.02. The van der Waals surface area contributed by atoms with E-state index in [9.17, 15) is 46.3 Å². The molecule has 6 atom stereocenters. The van der Waals surface area contributed by atoms with Crippen LogP contribution in [0.1, 0.15) is 93.9 Å². The van der Waals surface area contributed by atoms with Gasteiger partial charge in [0.25, 0.3) is 0 Å². The van der Waals surface area contributed by atoms with Crippen molar-refractivity contribution in [3.05, 3.63) is 120 Å². The number of halogens is 4. The molecule has 24 heteroatoms. The van der Waals surface area contributed by atoms with Crippen molar-refractivity contribution in [3.63, 3.8) is 0 Å². The number of hydrogen-bond acceptors (Lipinski definition) is 16. The smallest absolute Gasteiger partial charge is 0.228 e. The Bertz CT molecular complexity index is 3190. The molecule has 0 aliphatic carbocycles. The van der Waals surface area contributed by atoms with Crippen molar-refractivity contribution in [1.29, 1.82) is 0 Å². The van der Waals surface area contributed by atoms with E-state index in [1.165, 1.54) is 63.4 Å². The number of carbonyl (C=O) groups is 6. The lowest BCUT2D eigenvalue weighted by molar-refractivity contribution is -0.168. The number of ether oxygens (including phenoxy) is 6. The zero-order valence-corrected chi connectivity index (χ0v) is 57.7. The van der Waals surface area contributed by atoms with Crippen LogP contribution in [0.3, 0.4) is 0 Å². The summed E-state index contributed by atoms with van der Waals surface area (Å²) in [4.78, 5) is 88.5. The number of piperazine rings is 4. The molecule has 6 heterocycles. The third-order valence-electron chi connectivity index (χ3n) is 18.3. The zero-order chi connectivity index (χ0) is 69.7. The summed E-state index contributed by atoms with van der Waals surface area (Å²) in [5.74, 6) is -2.90. The van der Waals surface area contributed by atoms with Crippen LogP contribution in [0.4, 0.5) is 40.3 Å². The first-order valence-electron chi connectivity index (χ1n) is 33.5. The van der Waals surface area contributed by atoms with E-state index in [1.54, 1.807) is 47.2 Å². The highest BCUT2D eigenvalue weighted by molar-refractivity contribution is 5.86. The minimum absolute atomic E-state index is 0.0168. The van der Waals surface area contributed by atoms with Crippen molar-refractivity contribution in [3.8, 4) is 0 Å². The number of anilines is 4. The van der Waals surface area contributed by atoms with E-state index < -0.39 is 17.5 Å². The largest absolute Gasteiger partial charge is 0.384 e. The summed E-state index contributed by atoms with van der Waals surface area (Å²) in [6.07, 6.45) is 2.25. The molecule has 6 aliphatic rings. The topological polar surface area (TPSA) is 184 Å². The molecular weight excluding hydrogens is 1240 g/mol. The standard InChI is InChI=1S/C20H29FN2O4.2C18H25FN2O3.C16H21FN2O2/c1-15-13-22(7-8-23(15)18-6-4-5-17(21)11-18)19(24)16(14-25-3)12-20(2)26-9-10-27-20;1-14-13-20(17(22)6-7-18(2)23-10-11-24-18)8-9-21(14)16-5-3-4-15(19)12-16;1-13-11-20(18(23)15(12-24-3)9-14(2)22)7-8-21(13)17-6-4-5-16(19)10-17;1-12-11-18(16(21)7-6-13(2)20)8-9-19(12)15-5-3-4-14(17)10-15/h4-6,11,15-16H,7-10,12-14H2,1-3H3;3-5,12,14H,6-11,13H2,1-2H3;4-6,10,13,15H,7-9,11-12H2,1-3H3;3-5,10,12H,6-9,11H2,1-2H3/t15-,16?;14-;13-,15?;12-/m0000/s1. The molecule has 2 unspecified atom stereocenters. The van der Waals surface area contributed by atoms with Crippen molar-refractivity contribution in [2.75, 3.05) is 152 Å². The van der Waals surface area contributed by atoms with Gasteiger partial charge in [-0.1, -0.05) is 24.3 Å². The highest BCUT2D eigenvalue weighted by Crippen LogP contribution is 2.31. The second-order valence-corrected chi connectivity index (χ2v) is 26.1. The molecule has 4 aromatic rings. The predicted molar refractivity (Wildman–Crippen MR) is 360 cm³/mol. The van der Waals surface area contributed by atoms with Crippen molar-refractivity contribution in [2.24, 2.45) is 11.8 Å². The van der Waals surface area contributed by atoms with Crippen LogP contribution < -0.4 is 19.6 Å². The Kier molecular flexibility index (Phi) is 28.9. The second-order valence-electron chi connectivity index (χ2n) is 26.1. The van der Waals surface area contributed by atoms with Crippen molar-refractivity contribution in [2.45, 2.75) is 130 Å². The van der Waals surface area contributed by atoms with Crippen LogP contribution in [0.2, 0.25) is 0 Å². The summed E-state index contributed by atoms with van der Waals surface area (Å²) in [6.45, 7) is 25.3. The molecule has 6 fully saturated rings. The summed E-state index contributed by atoms with van der Waals surface area (Å²) in [5, 5.41) is 0. The summed E-state index contributed by atoms with van der Waals surface area (Å²) in [7, 11) is 3.13. The minimum Gasteiger partial charge on any atom is -0.384 e. The van der Waals surface area contributed by atoms with E-state index >= 15 is 0 Å². The second kappa shape index (κ2) is 36.4. The first-order chi connectivity index (χ1) is 45.8. The number of rotatable bonds is 20. The summed E-state index contributed by atoms with van der Waals surface area (Å²) >= 11 is 0. The van der Waals surface area contributed by atoms with Gasteiger partial charge in [0, 0.05) is 178 Å². The first kappa shape index (κ1) is 76.2. The molecule has 6 aliphatic heterocycles. The summed E-state index contributed by atoms with van der Waals surface area (Å²) in [6, 6.07) is 26.7. The van der Waals surface area contributed by atoms with Crippen LogP contribution in [0.5, 0.6) is 0 Å². The maximum Gasteiger partial charge on any atom is 0.228 e. The fraction of sp³-hybridized carbons (Fsp3) is 0.583. The maximum atomic E-state index is 13.5. The molecule has 0 bridgehead atoms. The number of amides is 4. The van der Waals surface area contributed by atoms with E-state index in [-0.39, 0.29) is 108 Å². The van der Waals surface area contributed by atoms with Gasteiger partial charge >= 0.3 is 0 Å². The Hall–Kier alpha value is -7.22. The van der Waals surface area contributed by atoms with E-state index in [1.807, 2.05) is 61.8 Å². The highest BCUT2D eigenvalue weighted by Gasteiger charge is 2.40. The fourth-order valence-corrected chi connectivity index (χ4v) is 13.3. The molecule has 0 aromatic heterocycles. The van der Waals surface area contributed by atoms with Crippen LogP contribution in [0.15, 0.2) is 97.1 Å². The summed E-state index contributed by atoms with van der Waals surface area (Å²) < 4.78 is 86.5. The average molecular weight is 1350 g/mol. The Morgan fingerprint density at radius 3 is 1.10 bits per heavy atom. The third kappa shape index (κ3) is 22.4. The van der Waals surface area contributed by atoms with Gasteiger partial charge in [0.2, 0.25) is 23.6 Å². The number of benzene rings is 4. The van der Waals surface area contributed by atoms with Gasteiger partial charge in [-0.05, 0) is 128 Å². The van der Waals surface area contributed by atoms with Gasteiger partial charge < -0.3 is 77.2 Å². The Balaban J connectivity index is 0.000000181. The lowest BCUT2D eigenvalue weighted by Gasteiger charge is -2.42. The third-order valence-corrected chi connectivity index (χ3v) is 18.3. The average Bonchev–Trinajstić information content (AvgIpc) is 1.25. The number of Topliss-reactive ketones (excluding diaryl/α,β-unsaturated/α-hetero) is 2. The Morgan fingerprint density at radius 2 is 0.771 bits per heavy atom. The normalized spacial score (nSPS) is 21.4. The van der Waals surface area contributed by atoms with Gasteiger partial charge in [0.1, 0.15) is 34.8 Å². The van der Waals surface area contributed by atoms with Crippen LogP contribution in [0, 0.1) is 35.1 Å². The van der Waals surface area contributed by atoms with Gasteiger partial charge in [-0.15, -0.1) is 0 Å². The van der Waals surface area contributed by atoms with Gasteiger partial charge in [0.15, 0.2) is 11.6 Å². The molecule has 0 N–H and O–H groups in total. The maximum absolute atomic E-state index is 13.5. The molecule has 528 valence electrons. The molecule has 0 saturated carbocycles. The fourth-order valence-electron chi connectivity index (χ4n) is 13.3. The van der Waals surface area contributed by atoms with Gasteiger partial charge in [-0.2, -0.15) is 0 Å². The Labute approximate surface area is 563 Å². The SMILES string of the molecule is CC(=O)CCC(=O)N1CCN(c2cccc(F)c2)[C@@H](C)C1.COCC(CC(C)=O)C(=O)N1CCN(c2cccc(F)c2)[C@@H](C)C1.COCC(CC1(C)OCCO1)C(=O)N1CCN(c2cccc(F)c2)[C@@H](C)C1.C[C@H]1CN(C(=O)CCC2(C)OCCO2)CCN1c1cccc(F)c1. The highest BCUT2D eigenvalue weighted by atomic mass is 19.1. The lowest BCUT2D eigenvalue weighted by Crippen LogP contribution is -2.55. The first-order valence-corrected chi connectivity index (χ1v) is 33.5. The molecule has 4 amide bonds. The van der Waals surface area contributed by atoms with Gasteiger partial charge in [0.05, 0.1) is 51.5 Å². The van der Waals surface area contributed by atoms with E-state index in [2.05, 4.69) is 33.4 Å². The number of carbonyl (C=O) groups excluding carboxylic acids is 6. The molecule has 0 spiro atoms. The van der Waals surface area contributed by atoms with Crippen LogP contribution in [-0.2, 0) is 57.2 Å². The van der Waals surface area contributed by atoms with Crippen molar-refractivity contribution < 1.29 is 74.8 Å².